The van der Waals surface area contributed by atoms with Gasteiger partial charge in [0.05, 0.1) is 12.7 Å². The average molecular weight is 321 g/mol. The van der Waals surface area contributed by atoms with Crippen molar-refractivity contribution in [1.29, 1.82) is 0 Å². The molecule has 0 fully saturated rings. The number of carboxylic acids is 1. The summed E-state index contributed by atoms with van der Waals surface area (Å²) in [6.07, 6.45) is -1.02. The molecule has 0 saturated heterocycles. The van der Waals surface area contributed by atoms with Crippen LogP contribution in [0.5, 0.6) is 0 Å². The highest BCUT2D eigenvalue weighted by atomic mass is 32.2. The number of nitrogens with zero attached hydrogens (tertiary/aromatic N) is 1. The van der Waals surface area contributed by atoms with Crippen molar-refractivity contribution in [3.63, 3.8) is 0 Å². The number of aryl methyl sites for hydroxylation is 2. The van der Waals surface area contributed by atoms with Gasteiger partial charge < -0.3 is 19.4 Å². The fraction of sp³-hybridized carbons (Fsp3) is 0.583. The predicted molar refractivity (Wildman–Crippen MR) is 72.8 cm³/mol. The fourth-order valence-corrected chi connectivity index (χ4v) is 3.59. The summed E-state index contributed by atoms with van der Waals surface area (Å²) in [5.74, 6) is -1.36. The number of methoxy groups -OCH3 is 1. The van der Waals surface area contributed by atoms with Crippen LogP contribution >= 0.6 is 0 Å². The number of aliphatic hydroxyl groups excluding tert-OH is 1. The zero-order valence-corrected chi connectivity index (χ0v) is 13.1. The van der Waals surface area contributed by atoms with Crippen LogP contribution in [0.3, 0.4) is 0 Å². The van der Waals surface area contributed by atoms with Crippen LogP contribution in [0.1, 0.15) is 21.9 Å². The largest absolute Gasteiger partial charge is 0.478 e. The van der Waals surface area contributed by atoms with Crippen LogP contribution in [0.15, 0.2) is 9.31 Å². The van der Waals surface area contributed by atoms with Gasteiger partial charge >= 0.3 is 5.97 Å². The van der Waals surface area contributed by atoms with Crippen molar-refractivity contribution in [2.24, 2.45) is 0 Å². The molecule has 2 N–H and O–H groups in total. The van der Waals surface area contributed by atoms with E-state index < -0.39 is 22.1 Å². The quantitative estimate of drug-likeness (QED) is 0.737. The van der Waals surface area contributed by atoms with Gasteiger partial charge in [-0.3, -0.25) is 0 Å². The first kappa shape index (κ1) is 17.6. The molecule has 1 aromatic heterocycles. The van der Waals surface area contributed by atoms with Gasteiger partial charge in [0.25, 0.3) is 0 Å². The van der Waals surface area contributed by atoms with Gasteiger partial charge in [-0.25, -0.2) is 13.2 Å². The molecule has 0 spiro atoms. The van der Waals surface area contributed by atoms with E-state index in [1.54, 1.807) is 0 Å². The molecule has 0 amide bonds. The SMILES string of the molecule is COCC(O)CN(C)S(=O)(=O)c1c(C)oc(C)c1C(=O)O. The van der Waals surface area contributed by atoms with Crippen LogP contribution in [0.25, 0.3) is 0 Å². The van der Waals surface area contributed by atoms with Gasteiger partial charge in [0, 0.05) is 20.7 Å². The molecule has 1 heterocycles. The number of aliphatic hydroxyl groups is 1. The molecule has 8 nitrogen and oxygen atoms in total. The highest BCUT2D eigenvalue weighted by Gasteiger charge is 2.34. The lowest BCUT2D eigenvalue weighted by molar-refractivity contribution is 0.0554. The molecule has 0 bridgehead atoms. The van der Waals surface area contributed by atoms with Gasteiger partial charge in [-0.05, 0) is 13.8 Å². The van der Waals surface area contributed by atoms with Crippen LogP contribution in [0.4, 0.5) is 0 Å². The Morgan fingerprint density at radius 1 is 1.38 bits per heavy atom. The van der Waals surface area contributed by atoms with E-state index in [9.17, 15) is 18.3 Å². The van der Waals surface area contributed by atoms with Gasteiger partial charge in [0.15, 0.2) is 0 Å². The second-order valence-corrected chi connectivity index (χ2v) is 6.60. The summed E-state index contributed by atoms with van der Waals surface area (Å²) >= 11 is 0. The lowest BCUT2D eigenvalue weighted by Gasteiger charge is -2.20. The van der Waals surface area contributed by atoms with Crippen LogP contribution < -0.4 is 0 Å². The Labute approximate surface area is 123 Å². The average Bonchev–Trinajstić information content (AvgIpc) is 2.64. The number of rotatable bonds is 7. The van der Waals surface area contributed by atoms with E-state index in [0.717, 1.165) is 4.31 Å². The maximum atomic E-state index is 12.5. The first-order valence-corrected chi connectivity index (χ1v) is 7.53. The number of ether oxygens (including phenoxy) is 1. The predicted octanol–water partition coefficient (Wildman–Crippen LogP) is 0.222. The summed E-state index contributed by atoms with van der Waals surface area (Å²) in [5.41, 5.74) is -0.388. The van der Waals surface area contributed by atoms with Crippen molar-refractivity contribution in [2.45, 2.75) is 24.8 Å². The van der Waals surface area contributed by atoms with E-state index in [2.05, 4.69) is 0 Å². The van der Waals surface area contributed by atoms with Crippen LogP contribution in [-0.2, 0) is 14.8 Å². The topological polar surface area (TPSA) is 117 Å². The fourth-order valence-electron chi connectivity index (χ4n) is 2.02. The van der Waals surface area contributed by atoms with Crippen molar-refractivity contribution in [2.75, 3.05) is 27.3 Å². The lowest BCUT2D eigenvalue weighted by atomic mass is 10.2. The maximum absolute atomic E-state index is 12.5. The molecule has 0 aliphatic rings. The lowest BCUT2D eigenvalue weighted by Crippen LogP contribution is -2.36. The van der Waals surface area contributed by atoms with Gasteiger partial charge in [-0.15, -0.1) is 0 Å². The summed E-state index contributed by atoms with van der Waals surface area (Å²) in [5, 5.41) is 18.8. The molecule has 0 aliphatic carbocycles. The minimum absolute atomic E-state index is 0.00187. The third-order valence-corrected chi connectivity index (χ3v) is 4.89. The standard InChI is InChI=1S/C12H19NO7S/c1-7-10(12(15)16)11(8(2)20-7)21(17,18)13(3)5-9(14)6-19-4/h9,14H,5-6H2,1-4H3,(H,15,16). The van der Waals surface area contributed by atoms with Crippen LogP contribution in [-0.4, -0.2) is 62.3 Å². The molecule has 9 heteroatoms. The van der Waals surface area contributed by atoms with Crippen LogP contribution in [0, 0.1) is 13.8 Å². The van der Waals surface area contributed by atoms with Crippen molar-refractivity contribution in [1.82, 2.24) is 4.31 Å². The molecule has 0 radical (unpaired) electrons. The number of aromatic carboxylic acids is 1. The Morgan fingerprint density at radius 3 is 2.43 bits per heavy atom. The molecule has 1 atom stereocenters. The number of furan rings is 1. The van der Waals surface area contributed by atoms with E-state index in [4.69, 9.17) is 14.3 Å². The number of likely N-dealkylation sites (N-methyl/N-ethyl adjacent to an activating group) is 1. The molecule has 0 aromatic carbocycles. The Kier molecular flexibility index (Phi) is 5.51. The van der Waals surface area contributed by atoms with Gasteiger partial charge in [-0.1, -0.05) is 0 Å². The smallest absolute Gasteiger partial charge is 0.340 e. The Bertz CT molecular complexity index is 620. The van der Waals surface area contributed by atoms with Crippen molar-refractivity contribution >= 4 is 16.0 Å². The molecule has 1 unspecified atom stereocenters. The molecule has 1 rings (SSSR count). The van der Waals surface area contributed by atoms with Crippen molar-refractivity contribution < 1.29 is 32.6 Å². The minimum Gasteiger partial charge on any atom is -0.478 e. The van der Waals surface area contributed by atoms with E-state index in [1.165, 1.54) is 28.0 Å². The van der Waals surface area contributed by atoms with Crippen molar-refractivity contribution in [3.05, 3.63) is 17.1 Å². The number of carboxylic acid groups (broad SMARTS) is 1. The Balaban J connectivity index is 3.22. The Hall–Kier alpha value is -1.42. The third kappa shape index (κ3) is 3.62. The number of hydrogen-bond donors (Lipinski definition) is 2. The van der Waals surface area contributed by atoms with E-state index in [0.29, 0.717) is 0 Å². The normalized spacial score (nSPS) is 13.6. The van der Waals surface area contributed by atoms with Gasteiger partial charge in [0.1, 0.15) is 22.0 Å². The van der Waals surface area contributed by atoms with Crippen molar-refractivity contribution in [3.8, 4) is 0 Å². The summed E-state index contributed by atoms with van der Waals surface area (Å²) in [4.78, 5) is 10.8. The summed E-state index contributed by atoms with van der Waals surface area (Å²) in [6.45, 7) is 2.51. The first-order chi connectivity index (χ1) is 9.62. The highest BCUT2D eigenvalue weighted by molar-refractivity contribution is 7.89. The zero-order valence-electron chi connectivity index (χ0n) is 12.3. The Morgan fingerprint density at radius 2 is 1.95 bits per heavy atom. The minimum atomic E-state index is -4.09. The summed E-state index contributed by atoms with van der Waals surface area (Å²) in [7, 11) is -1.46. The van der Waals surface area contributed by atoms with E-state index in [1.807, 2.05) is 0 Å². The number of carbonyl (C=O) groups is 1. The number of hydrogen-bond acceptors (Lipinski definition) is 6. The monoisotopic (exact) mass is 321 g/mol. The number of sulfonamides is 1. The summed E-state index contributed by atoms with van der Waals surface area (Å²) in [6, 6.07) is 0. The second kappa shape index (κ2) is 6.56. The molecule has 0 aliphatic heterocycles. The molecular formula is C12H19NO7S. The first-order valence-electron chi connectivity index (χ1n) is 6.09. The third-order valence-electron chi connectivity index (χ3n) is 2.91. The maximum Gasteiger partial charge on any atom is 0.340 e. The molecule has 21 heavy (non-hydrogen) atoms. The molecular weight excluding hydrogens is 302 g/mol. The molecule has 120 valence electrons. The van der Waals surface area contributed by atoms with Gasteiger partial charge in [0.2, 0.25) is 10.0 Å². The van der Waals surface area contributed by atoms with Crippen LogP contribution in [0.2, 0.25) is 0 Å². The summed E-state index contributed by atoms with van der Waals surface area (Å²) < 4.78 is 35.7. The molecule has 1 aromatic rings. The highest BCUT2D eigenvalue weighted by Crippen LogP contribution is 2.28. The zero-order chi connectivity index (χ0) is 16.4. The second-order valence-electron chi connectivity index (χ2n) is 4.62. The van der Waals surface area contributed by atoms with E-state index in [-0.39, 0.29) is 35.1 Å². The van der Waals surface area contributed by atoms with Gasteiger partial charge in [-0.2, -0.15) is 4.31 Å². The molecule has 0 saturated carbocycles. The van der Waals surface area contributed by atoms with E-state index >= 15 is 0 Å².